The summed E-state index contributed by atoms with van der Waals surface area (Å²) in [6.45, 7) is 4.42. The number of aromatic nitrogens is 1. The number of hydrogen-bond acceptors (Lipinski definition) is 6. The highest BCUT2D eigenvalue weighted by molar-refractivity contribution is 7.89. The molecule has 35 heavy (non-hydrogen) atoms. The summed E-state index contributed by atoms with van der Waals surface area (Å²) in [6, 6.07) is 5.53. The van der Waals surface area contributed by atoms with Gasteiger partial charge in [0.2, 0.25) is 15.9 Å². The third-order valence-electron chi connectivity index (χ3n) is 4.90. The van der Waals surface area contributed by atoms with Crippen LogP contribution in [0, 0.1) is 0 Å². The van der Waals surface area contributed by atoms with Crippen LogP contribution in [0.15, 0.2) is 30.5 Å². The average Bonchev–Trinajstić information content (AvgIpc) is 2.75. The molecule has 7 nitrogen and oxygen atoms in total. The lowest BCUT2D eigenvalue weighted by atomic mass is 10.1. The molecule has 0 aliphatic rings. The van der Waals surface area contributed by atoms with Crippen molar-refractivity contribution in [2.45, 2.75) is 51.7 Å². The Kier molecular flexibility index (Phi) is 11.1. The minimum absolute atomic E-state index is 0.0914. The van der Waals surface area contributed by atoms with Gasteiger partial charge in [0, 0.05) is 25.4 Å². The first-order valence-corrected chi connectivity index (χ1v) is 13.1. The molecule has 0 spiro atoms. The number of benzene rings is 1. The molecule has 2 rings (SSSR count). The first-order valence-electron chi connectivity index (χ1n) is 11.1. The van der Waals surface area contributed by atoms with E-state index in [1.54, 1.807) is 18.2 Å². The fourth-order valence-corrected chi connectivity index (χ4v) is 4.82. The molecule has 12 heteroatoms. The fourth-order valence-electron chi connectivity index (χ4n) is 3.24. The van der Waals surface area contributed by atoms with Gasteiger partial charge in [-0.1, -0.05) is 31.0 Å². The number of nitrogens with one attached hydrogen (secondary N) is 1. The Morgan fingerprint density at radius 3 is 2.57 bits per heavy atom. The first-order chi connectivity index (χ1) is 16.4. The van der Waals surface area contributed by atoms with Crippen LogP contribution in [0.2, 0.25) is 5.02 Å². The number of nitrogens with zero attached hydrogens (tertiary/aromatic N) is 1. The SMILES string of the molecule is CCCC(C)NS(=O)(=O)CCCc1ccc(OCCOC)cc1Oc1ncc(C(F)(F)F)cc1Cl. The number of rotatable bonds is 14. The monoisotopic (exact) mass is 538 g/mol. The minimum Gasteiger partial charge on any atom is -0.491 e. The highest BCUT2D eigenvalue weighted by atomic mass is 35.5. The van der Waals surface area contributed by atoms with Crippen LogP contribution >= 0.6 is 11.6 Å². The van der Waals surface area contributed by atoms with Gasteiger partial charge in [0.25, 0.3) is 0 Å². The van der Waals surface area contributed by atoms with Gasteiger partial charge in [0.1, 0.15) is 23.1 Å². The number of methoxy groups -OCH3 is 1. The Morgan fingerprint density at radius 2 is 1.94 bits per heavy atom. The van der Waals surface area contributed by atoms with E-state index in [9.17, 15) is 21.6 Å². The quantitative estimate of drug-likeness (QED) is 0.315. The normalized spacial score (nSPS) is 13.0. The molecular weight excluding hydrogens is 509 g/mol. The molecule has 1 aromatic heterocycles. The second-order valence-electron chi connectivity index (χ2n) is 7.95. The number of ether oxygens (including phenoxy) is 3. The van der Waals surface area contributed by atoms with Gasteiger partial charge in [-0.3, -0.25) is 0 Å². The smallest absolute Gasteiger partial charge is 0.417 e. The molecule has 0 aliphatic carbocycles. The van der Waals surface area contributed by atoms with E-state index < -0.39 is 21.8 Å². The van der Waals surface area contributed by atoms with Gasteiger partial charge >= 0.3 is 6.18 Å². The summed E-state index contributed by atoms with van der Waals surface area (Å²) in [7, 11) is -1.93. The summed E-state index contributed by atoms with van der Waals surface area (Å²) in [4.78, 5) is 3.71. The van der Waals surface area contributed by atoms with E-state index in [1.807, 2.05) is 13.8 Å². The Hall–Kier alpha value is -2.08. The minimum atomic E-state index is -4.59. The lowest BCUT2D eigenvalue weighted by molar-refractivity contribution is -0.137. The fraction of sp³-hybridized carbons (Fsp3) is 0.522. The van der Waals surface area contributed by atoms with Gasteiger partial charge < -0.3 is 14.2 Å². The Labute approximate surface area is 209 Å². The van der Waals surface area contributed by atoms with E-state index in [0.29, 0.717) is 37.0 Å². The number of halogens is 4. The van der Waals surface area contributed by atoms with Gasteiger partial charge in [-0.15, -0.1) is 0 Å². The van der Waals surface area contributed by atoms with Gasteiger partial charge in [-0.2, -0.15) is 13.2 Å². The maximum absolute atomic E-state index is 12.9. The molecule has 196 valence electrons. The predicted octanol–water partition coefficient (Wildman–Crippen LogP) is 5.61. The van der Waals surface area contributed by atoms with Crippen LogP contribution in [0.25, 0.3) is 0 Å². The van der Waals surface area contributed by atoms with Crippen molar-refractivity contribution in [3.63, 3.8) is 0 Å². The van der Waals surface area contributed by atoms with Gasteiger partial charge in [0.05, 0.1) is 17.9 Å². The van der Waals surface area contributed by atoms with Gasteiger partial charge in [-0.05, 0) is 43.9 Å². The van der Waals surface area contributed by atoms with Crippen molar-refractivity contribution in [3.8, 4) is 17.4 Å². The van der Waals surface area contributed by atoms with Crippen LogP contribution in [0.3, 0.4) is 0 Å². The number of pyridine rings is 1. The summed E-state index contributed by atoms with van der Waals surface area (Å²) >= 11 is 6.00. The largest absolute Gasteiger partial charge is 0.491 e. The molecule has 2 aromatic rings. The zero-order valence-electron chi connectivity index (χ0n) is 19.8. The molecule has 1 aromatic carbocycles. The molecule has 0 fully saturated rings. The Balaban J connectivity index is 2.20. The predicted molar refractivity (Wildman–Crippen MR) is 128 cm³/mol. The summed E-state index contributed by atoms with van der Waals surface area (Å²) in [5.74, 6) is 0.384. The first kappa shape index (κ1) is 29.2. The summed E-state index contributed by atoms with van der Waals surface area (Å²) in [6.07, 6.45) is -1.73. The third-order valence-corrected chi connectivity index (χ3v) is 6.76. The summed E-state index contributed by atoms with van der Waals surface area (Å²) in [5, 5.41) is -0.312. The number of hydrogen-bond donors (Lipinski definition) is 1. The molecule has 0 saturated heterocycles. The highest BCUT2D eigenvalue weighted by Crippen LogP contribution is 2.36. The maximum Gasteiger partial charge on any atom is 0.417 e. The second kappa shape index (κ2) is 13.3. The van der Waals surface area contributed by atoms with Crippen LogP contribution in [0.5, 0.6) is 17.4 Å². The van der Waals surface area contributed by atoms with Gasteiger partial charge in [-0.25, -0.2) is 18.1 Å². The van der Waals surface area contributed by atoms with E-state index in [-0.39, 0.29) is 35.1 Å². The standard InChI is InChI=1S/C23H30ClF3N2O5S/c1-4-6-16(2)29-35(30,31)12-5-7-17-8-9-19(33-11-10-32-3)14-21(17)34-22-20(24)13-18(15-28-22)23(25,26)27/h8-9,13-16,29H,4-7,10-12H2,1-3H3. The zero-order chi connectivity index (χ0) is 26.1. The average molecular weight is 539 g/mol. The van der Waals surface area contributed by atoms with E-state index >= 15 is 0 Å². The molecular formula is C23H30ClF3N2O5S. The van der Waals surface area contributed by atoms with Crippen molar-refractivity contribution in [1.29, 1.82) is 0 Å². The van der Waals surface area contributed by atoms with Crippen molar-refractivity contribution in [2.24, 2.45) is 0 Å². The number of sulfonamides is 1. The van der Waals surface area contributed by atoms with Crippen molar-refractivity contribution in [2.75, 3.05) is 26.1 Å². The maximum atomic E-state index is 12.9. The van der Waals surface area contributed by atoms with Crippen molar-refractivity contribution in [3.05, 3.63) is 46.6 Å². The molecule has 0 bridgehead atoms. The van der Waals surface area contributed by atoms with Crippen LogP contribution in [-0.2, 0) is 27.4 Å². The molecule has 1 heterocycles. The van der Waals surface area contributed by atoms with E-state index in [1.165, 1.54) is 7.11 Å². The van der Waals surface area contributed by atoms with Crippen molar-refractivity contribution < 1.29 is 35.8 Å². The van der Waals surface area contributed by atoms with Crippen molar-refractivity contribution >= 4 is 21.6 Å². The third kappa shape index (κ3) is 9.83. The van der Waals surface area contributed by atoms with Crippen molar-refractivity contribution in [1.82, 2.24) is 9.71 Å². The summed E-state index contributed by atoms with van der Waals surface area (Å²) in [5.41, 5.74) is -0.375. The Morgan fingerprint density at radius 1 is 1.20 bits per heavy atom. The molecule has 0 amide bonds. The van der Waals surface area contributed by atoms with E-state index in [0.717, 1.165) is 18.9 Å². The van der Waals surface area contributed by atoms with Gasteiger partial charge in [0.15, 0.2) is 0 Å². The molecule has 0 radical (unpaired) electrons. The molecule has 1 N–H and O–H groups in total. The highest BCUT2D eigenvalue weighted by Gasteiger charge is 2.32. The molecule has 1 unspecified atom stereocenters. The molecule has 0 saturated carbocycles. The lowest BCUT2D eigenvalue weighted by Crippen LogP contribution is -2.34. The zero-order valence-corrected chi connectivity index (χ0v) is 21.4. The lowest BCUT2D eigenvalue weighted by Gasteiger charge is -2.16. The van der Waals surface area contributed by atoms with Crippen LogP contribution in [-0.4, -0.2) is 45.5 Å². The van der Waals surface area contributed by atoms with Crippen LogP contribution in [0.1, 0.15) is 44.2 Å². The van der Waals surface area contributed by atoms with E-state index in [2.05, 4.69) is 9.71 Å². The number of aryl methyl sites for hydroxylation is 1. The molecule has 1 atom stereocenters. The number of alkyl halides is 3. The van der Waals surface area contributed by atoms with E-state index in [4.69, 9.17) is 25.8 Å². The van der Waals surface area contributed by atoms with Crippen LogP contribution < -0.4 is 14.2 Å². The molecule has 0 aliphatic heterocycles. The Bertz CT molecular complexity index is 1070. The van der Waals surface area contributed by atoms with Crippen LogP contribution in [0.4, 0.5) is 13.2 Å². The second-order valence-corrected chi connectivity index (χ2v) is 10.2. The topological polar surface area (TPSA) is 86.8 Å². The summed E-state index contributed by atoms with van der Waals surface area (Å²) < 4.78 is 82.4.